The van der Waals surface area contributed by atoms with E-state index >= 15 is 0 Å². The zero-order chi connectivity index (χ0) is 20.8. The van der Waals surface area contributed by atoms with Crippen LogP contribution in [-0.2, 0) is 16.8 Å². The third kappa shape index (κ3) is 25.6. The van der Waals surface area contributed by atoms with E-state index in [1.807, 2.05) is 18.2 Å². The molecule has 11 heteroatoms. The average molecular weight is 422 g/mol. The molecule has 0 unspecified atom stereocenters. The fraction of sp³-hybridized carbons (Fsp3) is 0.312. The molecule has 1 aromatic heterocycles. The van der Waals surface area contributed by atoms with E-state index in [1.165, 1.54) is 34.1 Å². The van der Waals surface area contributed by atoms with E-state index in [1.54, 1.807) is 36.3 Å². The number of rotatable bonds is 4. The molecular formula is C16H23CoN6O4-3. The summed E-state index contributed by atoms with van der Waals surface area (Å²) in [5.41, 5.74) is 4.02. The molecule has 0 saturated carbocycles. The number of hydrogen-bond donors (Lipinski definition) is 2. The van der Waals surface area contributed by atoms with Crippen molar-refractivity contribution >= 4 is 0 Å². The fourth-order valence-electron chi connectivity index (χ4n) is 0.597. The molecule has 0 fully saturated rings. The first kappa shape index (κ1) is 31.9. The van der Waals surface area contributed by atoms with Gasteiger partial charge in [-0.15, -0.1) is 15.9 Å². The molecule has 1 heterocycles. The summed E-state index contributed by atoms with van der Waals surface area (Å²) >= 11 is 0. The molecule has 27 heavy (non-hydrogen) atoms. The smallest absolute Gasteiger partial charge is 0.0995 e. The van der Waals surface area contributed by atoms with E-state index < -0.39 is 0 Å². The van der Waals surface area contributed by atoms with Crippen LogP contribution in [0.2, 0.25) is 0 Å². The quantitative estimate of drug-likeness (QED) is 0.417. The molecule has 0 atom stereocenters. The van der Waals surface area contributed by atoms with Crippen LogP contribution in [0.5, 0.6) is 0 Å². The second kappa shape index (κ2) is 25.5. The summed E-state index contributed by atoms with van der Waals surface area (Å²) < 4.78 is 0. The fourth-order valence-corrected chi connectivity index (χ4v) is 0.597. The molecule has 0 spiro atoms. The molecule has 0 aliphatic heterocycles. The van der Waals surface area contributed by atoms with Crippen LogP contribution >= 0.6 is 0 Å². The summed E-state index contributed by atoms with van der Waals surface area (Å²) in [6.07, 6.45) is 4.93. The summed E-state index contributed by atoms with van der Waals surface area (Å²) in [5, 5.41) is 32.1. The van der Waals surface area contributed by atoms with Gasteiger partial charge in [0.1, 0.15) is 0 Å². The third-order valence-corrected chi connectivity index (χ3v) is 2.36. The van der Waals surface area contributed by atoms with E-state index in [-0.39, 0.29) is 39.6 Å². The van der Waals surface area contributed by atoms with Crippen molar-refractivity contribution in [2.24, 2.45) is 10.4 Å². The second-order valence-corrected chi connectivity index (χ2v) is 4.25. The Kier molecular flexibility index (Phi) is 30.1. The first-order valence-electron chi connectivity index (χ1n) is 7.16. The van der Waals surface area contributed by atoms with Crippen LogP contribution in [0.25, 0.3) is 0 Å². The van der Waals surface area contributed by atoms with E-state index in [4.69, 9.17) is 5.26 Å². The van der Waals surface area contributed by atoms with Gasteiger partial charge in [0.2, 0.25) is 0 Å². The van der Waals surface area contributed by atoms with Crippen molar-refractivity contribution < 1.29 is 16.8 Å². The SMILES string of the molecule is C/C(N=O)=C(\C)N[O-].C/C(N=O)=C(\C)N[O-].C[CH-]C#N.[Co].c1ccncc1. The molecule has 1 aromatic rings. The minimum atomic E-state index is 0. The Labute approximate surface area is 169 Å². The van der Waals surface area contributed by atoms with Gasteiger partial charge in [0, 0.05) is 40.6 Å². The average Bonchev–Trinajstić information content (AvgIpc) is 2.73. The molecule has 0 amide bonds. The third-order valence-electron chi connectivity index (χ3n) is 2.36. The van der Waals surface area contributed by atoms with Gasteiger partial charge in [0.05, 0.1) is 11.4 Å². The van der Waals surface area contributed by atoms with Crippen LogP contribution < -0.4 is 11.0 Å². The summed E-state index contributed by atoms with van der Waals surface area (Å²) in [7, 11) is 0. The van der Waals surface area contributed by atoms with Crippen LogP contribution in [0, 0.1) is 38.0 Å². The Morgan fingerprint density at radius 3 is 1.37 bits per heavy atom. The molecule has 1 rings (SSSR count). The number of aromatic nitrogens is 1. The molecule has 1 radical (unpaired) electrons. The maximum atomic E-state index is 9.72. The number of allylic oxidation sites excluding steroid dienone is 4. The van der Waals surface area contributed by atoms with Gasteiger partial charge in [-0.25, -0.2) is 5.26 Å². The molecule has 0 aromatic carbocycles. The zero-order valence-electron chi connectivity index (χ0n) is 15.7. The minimum Gasteiger partial charge on any atom is -0.761 e. The number of nitrogens with zero attached hydrogens (tertiary/aromatic N) is 4. The maximum absolute atomic E-state index is 9.72. The molecule has 10 nitrogen and oxygen atoms in total. The number of hydrogen-bond acceptors (Lipinski definition) is 10. The van der Waals surface area contributed by atoms with Gasteiger partial charge in [0.15, 0.2) is 0 Å². The van der Waals surface area contributed by atoms with Gasteiger partial charge in [0.25, 0.3) is 0 Å². The monoisotopic (exact) mass is 422 g/mol. The zero-order valence-corrected chi connectivity index (χ0v) is 16.8. The van der Waals surface area contributed by atoms with Crippen molar-refractivity contribution in [3.63, 3.8) is 0 Å². The first-order chi connectivity index (χ1) is 12.4. The Hall–Kier alpha value is -2.78. The second-order valence-electron chi connectivity index (χ2n) is 4.25. The van der Waals surface area contributed by atoms with Gasteiger partial charge in [-0.1, -0.05) is 6.07 Å². The van der Waals surface area contributed by atoms with Crippen molar-refractivity contribution in [1.29, 1.82) is 5.26 Å². The van der Waals surface area contributed by atoms with Crippen LogP contribution in [0.1, 0.15) is 34.6 Å². The van der Waals surface area contributed by atoms with Crippen LogP contribution in [-0.4, -0.2) is 4.98 Å². The van der Waals surface area contributed by atoms with Crippen molar-refractivity contribution in [2.45, 2.75) is 34.6 Å². The number of pyridine rings is 1. The standard InChI is InChI=1S/C5H5N.2C4H7N2O2.C3H4N.Co/c1-2-4-6-5-3-1;2*1-3(5-7)4(2)6-8;1-2-3-4;/h1-5H;2*5H,1-2H3;2H,1H3;/q;3*-1;/b;2*4-3-;;. The predicted octanol–water partition coefficient (Wildman–Crippen LogP) is 4.00. The van der Waals surface area contributed by atoms with Gasteiger partial charge >= 0.3 is 0 Å². The molecular weight excluding hydrogens is 399 g/mol. The Morgan fingerprint density at radius 2 is 1.30 bits per heavy atom. The van der Waals surface area contributed by atoms with Crippen molar-refractivity contribution in [3.05, 3.63) is 80.0 Å². The summed E-state index contributed by atoms with van der Waals surface area (Å²) in [6, 6.07) is 7.52. The van der Waals surface area contributed by atoms with Crippen molar-refractivity contribution in [3.8, 4) is 6.07 Å². The van der Waals surface area contributed by atoms with E-state index in [0.29, 0.717) is 0 Å². The minimum absolute atomic E-state index is 0. The Bertz CT molecular complexity index is 532. The van der Waals surface area contributed by atoms with E-state index in [0.717, 1.165) is 0 Å². The molecule has 2 N–H and O–H groups in total. The molecule has 0 aliphatic carbocycles. The van der Waals surface area contributed by atoms with Gasteiger partial charge in [-0.3, -0.25) is 11.4 Å². The van der Waals surface area contributed by atoms with Gasteiger partial charge in [-0.2, -0.15) is 6.92 Å². The first-order valence-corrected chi connectivity index (χ1v) is 7.16. The maximum Gasteiger partial charge on any atom is 0.0995 e. The summed E-state index contributed by atoms with van der Waals surface area (Å²) in [5.74, 6) is 0. The molecule has 153 valence electrons. The Balaban J connectivity index is -0.000000133. The summed E-state index contributed by atoms with van der Waals surface area (Å²) in [6.45, 7) is 7.61. The molecule has 0 aliphatic rings. The number of nitroso groups, excluding NO2 is 2. The predicted molar refractivity (Wildman–Crippen MR) is 101 cm³/mol. The van der Waals surface area contributed by atoms with Crippen LogP contribution in [0.3, 0.4) is 0 Å². The molecule has 0 saturated heterocycles. The number of nitriles is 1. The number of hydroxylamine groups is 2. The van der Waals surface area contributed by atoms with Gasteiger partial charge < -0.3 is 21.4 Å². The van der Waals surface area contributed by atoms with Crippen molar-refractivity contribution in [1.82, 2.24) is 15.9 Å². The van der Waals surface area contributed by atoms with E-state index in [9.17, 15) is 20.2 Å². The normalized spacial score (nSPS) is 9.70. The topological polar surface area (TPSA) is 166 Å². The van der Waals surface area contributed by atoms with Crippen molar-refractivity contribution in [2.75, 3.05) is 0 Å². The van der Waals surface area contributed by atoms with Crippen LogP contribution in [0.15, 0.2) is 63.7 Å². The Morgan fingerprint density at radius 1 is 0.963 bits per heavy atom. The number of nitrogens with one attached hydrogen (secondary N) is 2. The molecule has 0 bridgehead atoms. The van der Waals surface area contributed by atoms with Gasteiger partial charge in [-0.05, 0) is 50.2 Å². The largest absolute Gasteiger partial charge is 0.761 e. The van der Waals surface area contributed by atoms with E-state index in [2.05, 4.69) is 15.3 Å². The van der Waals surface area contributed by atoms with Crippen LogP contribution in [0.4, 0.5) is 0 Å². The summed E-state index contributed by atoms with van der Waals surface area (Å²) in [4.78, 5) is 23.0.